The molecule has 0 bridgehead atoms. The lowest BCUT2D eigenvalue weighted by Gasteiger charge is -2.32. The molecule has 0 amide bonds. The molecule has 2 saturated carbocycles. The van der Waals surface area contributed by atoms with Gasteiger partial charge in [0.25, 0.3) is 0 Å². The summed E-state index contributed by atoms with van der Waals surface area (Å²) in [4.78, 5) is 25.1. The second-order valence-corrected chi connectivity index (χ2v) is 9.11. The van der Waals surface area contributed by atoms with E-state index in [4.69, 9.17) is 9.47 Å². The maximum Gasteiger partial charge on any atom is 0.339 e. The Kier molecular flexibility index (Phi) is 6.98. The Morgan fingerprint density at radius 1 is 0.786 bits per heavy atom. The Hall–Kier alpha value is -1.40. The summed E-state index contributed by atoms with van der Waals surface area (Å²) in [6, 6.07) is 0. The largest absolute Gasteiger partial charge is 0.461 e. The molecule has 1 unspecified atom stereocenters. The highest BCUT2D eigenvalue weighted by molar-refractivity contribution is 5.82. The first kappa shape index (κ1) is 22.9. The number of ether oxygens (including phenoxy) is 2. The zero-order valence-electron chi connectivity index (χ0n) is 18.0. The minimum atomic E-state index is -1.58. The van der Waals surface area contributed by atoms with Crippen molar-refractivity contribution in [2.24, 2.45) is 23.7 Å². The van der Waals surface area contributed by atoms with Gasteiger partial charge in [0, 0.05) is 11.8 Å². The SMILES string of the molecule is CC(C)OC(=O)[C@@]1(O)[C@H](C)CC[C@@H]1/C=C/C1CC[C@H](C)[C@@]1(O)C(=O)OC(C)C. The fourth-order valence-electron chi connectivity index (χ4n) is 4.55. The van der Waals surface area contributed by atoms with Crippen LogP contribution in [-0.4, -0.2) is 45.6 Å². The molecule has 0 aromatic carbocycles. The average Bonchev–Trinajstić information content (AvgIpc) is 3.04. The third kappa shape index (κ3) is 4.13. The molecule has 6 nitrogen and oxygen atoms in total. The number of carbonyl (C=O) groups is 2. The van der Waals surface area contributed by atoms with Gasteiger partial charge in [-0.15, -0.1) is 0 Å². The van der Waals surface area contributed by atoms with E-state index in [9.17, 15) is 19.8 Å². The standard InChI is InChI=1S/C22H36O6/c1-13(2)27-19(23)21(25)15(5)7-9-17(21)11-12-18-10-8-16(6)22(18,26)20(24)28-14(3)4/h11-18,25-26H,7-10H2,1-6H3/b12-11+/t15-,16+,17-,18?,21-,22+/m1/s1. The zero-order chi connectivity index (χ0) is 21.3. The smallest absolute Gasteiger partial charge is 0.339 e. The minimum Gasteiger partial charge on any atom is -0.461 e. The van der Waals surface area contributed by atoms with Crippen molar-refractivity contribution < 1.29 is 29.3 Å². The van der Waals surface area contributed by atoms with Crippen LogP contribution in [0.1, 0.15) is 67.2 Å². The van der Waals surface area contributed by atoms with Crippen molar-refractivity contribution in [3.63, 3.8) is 0 Å². The Morgan fingerprint density at radius 2 is 1.11 bits per heavy atom. The number of esters is 2. The summed E-state index contributed by atoms with van der Waals surface area (Å²) in [5.74, 6) is -2.46. The quantitative estimate of drug-likeness (QED) is 0.530. The van der Waals surface area contributed by atoms with Crippen LogP contribution in [0, 0.1) is 23.7 Å². The van der Waals surface area contributed by atoms with Crippen LogP contribution in [0.25, 0.3) is 0 Å². The summed E-state index contributed by atoms with van der Waals surface area (Å²) in [5, 5.41) is 22.3. The highest BCUT2D eigenvalue weighted by Crippen LogP contribution is 2.45. The van der Waals surface area contributed by atoms with Gasteiger partial charge in [-0.1, -0.05) is 26.0 Å². The molecule has 0 spiro atoms. The van der Waals surface area contributed by atoms with Crippen LogP contribution in [0.15, 0.2) is 12.2 Å². The Morgan fingerprint density at radius 3 is 1.39 bits per heavy atom. The van der Waals surface area contributed by atoms with Gasteiger partial charge in [0.15, 0.2) is 11.2 Å². The van der Waals surface area contributed by atoms with E-state index in [1.54, 1.807) is 39.8 Å². The topological polar surface area (TPSA) is 93.1 Å². The molecule has 0 heterocycles. The van der Waals surface area contributed by atoms with Gasteiger partial charge in [-0.25, -0.2) is 9.59 Å². The summed E-state index contributed by atoms with van der Waals surface area (Å²) >= 11 is 0. The normalized spacial score (nSPS) is 38.5. The number of hydrogen-bond acceptors (Lipinski definition) is 6. The summed E-state index contributed by atoms with van der Waals surface area (Å²) in [7, 11) is 0. The second kappa shape index (κ2) is 8.54. The van der Waals surface area contributed by atoms with Gasteiger partial charge in [-0.05, 0) is 65.2 Å². The second-order valence-electron chi connectivity index (χ2n) is 9.11. The van der Waals surface area contributed by atoms with Gasteiger partial charge >= 0.3 is 11.9 Å². The molecule has 0 saturated heterocycles. The lowest BCUT2D eigenvalue weighted by molar-refractivity contribution is -0.177. The van der Waals surface area contributed by atoms with E-state index in [1.165, 1.54) is 0 Å². The van der Waals surface area contributed by atoms with E-state index in [1.807, 2.05) is 13.8 Å². The molecule has 0 aliphatic heterocycles. The van der Waals surface area contributed by atoms with E-state index < -0.39 is 35.0 Å². The molecule has 2 aliphatic carbocycles. The van der Waals surface area contributed by atoms with Gasteiger partial charge in [0.05, 0.1) is 12.2 Å². The maximum atomic E-state index is 12.6. The number of hydrogen-bond donors (Lipinski definition) is 2. The van der Waals surface area contributed by atoms with Gasteiger partial charge in [0.1, 0.15) is 0 Å². The van der Waals surface area contributed by atoms with Crippen molar-refractivity contribution in [3.05, 3.63) is 12.2 Å². The molecule has 2 rings (SSSR count). The number of rotatable bonds is 6. The van der Waals surface area contributed by atoms with Gasteiger partial charge in [0.2, 0.25) is 0 Å². The van der Waals surface area contributed by atoms with Crippen LogP contribution in [0.3, 0.4) is 0 Å². The first-order chi connectivity index (χ1) is 12.9. The van der Waals surface area contributed by atoms with E-state index in [0.717, 1.165) is 0 Å². The van der Waals surface area contributed by atoms with Crippen LogP contribution >= 0.6 is 0 Å². The van der Waals surface area contributed by atoms with E-state index >= 15 is 0 Å². The lowest BCUT2D eigenvalue weighted by atomic mass is 9.81. The van der Waals surface area contributed by atoms with Gasteiger partial charge in [-0.2, -0.15) is 0 Å². The third-order valence-electron chi connectivity index (χ3n) is 6.37. The first-order valence-electron chi connectivity index (χ1n) is 10.5. The van der Waals surface area contributed by atoms with Crippen LogP contribution in [0.5, 0.6) is 0 Å². The average molecular weight is 397 g/mol. The summed E-state index contributed by atoms with van der Waals surface area (Å²) in [6.45, 7) is 10.7. The highest BCUT2D eigenvalue weighted by atomic mass is 16.6. The monoisotopic (exact) mass is 396 g/mol. The molecule has 0 aromatic heterocycles. The van der Waals surface area contributed by atoms with E-state index in [2.05, 4.69) is 0 Å². The first-order valence-corrected chi connectivity index (χ1v) is 10.5. The van der Waals surface area contributed by atoms with Crippen LogP contribution in [-0.2, 0) is 19.1 Å². The van der Waals surface area contributed by atoms with Crippen LogP contribution < -0.4 is 0 Å². The number of aliphatic hydroxyl groups is 2. The minimum absolute atomic E-state index is 0.222. The third-order valence-corrected chi connectivity index (χ3v) is 6.37. The molecular weight excluding hydrogens is 360 g/mol. The molecule has 160 valence electrons. The lowest BCUT2D eigenvalue weighted by Crippen LogP contribution is -2.49. The van der Waals surface area contributed by atoms with Crippen molar-refractivity contribution >= 4 is 11.9 Å². The molecule has 6 heteroatoms. The molecule has 2 aliphatic rings. The molecule has 0 aromatic rings. The van der Waals surface area contributed by atoms with Crippen molar-refractivity contribution in [2.45, 2.75) is 90.6 Å². The fourth-order valence-corrected chi connectivity index (χ4v) is 4.55. The van der Waals surface area contributed by atoms with E-state index in [0.29, 0.717) is 25.7 Å². The fraction of sp³-hybridized carbons (Fsp3) is 0.818. The maximum absolute atomic E-state index is 12.6. The van der Waals surface area contributed by atoms with Crippen molar-refractivity contribution in [3.8, 4) is 0 Å². The summed E-state index contributed by atoms with van der Waals surface area (Å²) in [5.41, 5.74) is -3.16. The molecule has 6 atom stereocenters. The van der Waals surface area contributed by atoms with Gasteiger partial charge in [-0.3, -0.25) is 0 Å². The van der Waals surface area contributed by atoms with Crippen LogP contribution in [0.2, 0.25) is 0 Å². The van der Waals surface area contributed by atoms with Crippen LogP contribution in [0.4, 0.5) is 0 Å². The molecule has 2 N–H and O–H groups in total. The van der Waals surface area contributed by atoms with Crippen molar-refractivity contribution in [1.82, 2.24) is 0 Å². The Labute approximate surface area is 168 Å². The molecule has 2 fully saturated rings. The van der Waals surface area contributed by atoms with E-state index in [-0.39, 0.29) is 24.0 Å². The Bertz CT molecular complexity index is 560. The predicted molar refractivity (Wildman–Crippen MR) is 105 cm³/mol. The molecular formula is C22H36O6. The van der Waals surface area contributed by atoms with Crippen molar-refractivity contribution in [2.75, 3.05) is 0 Å². The number of carbonyl (C=O) groups excluding carboxylic acids is 2. The van der Waals surface area contributed by atoms with Gasteiger partial charge < -0.3 is 19.7 Å². The zero-order valence-corrected chi connectivity index (χ0v) is 18.0. The highest BCUT2D eigenvalue weighted by Gasteiger charge is 2.55. The predicted octanol–water partition coefficient (Wildman–Crippen LogP) is 3.00. The molecule has 0 radical (unpaired) electrons. The molecule has 28 heavy (non-hydrogen) atoms. The summed E-state index contributed by atoms with van der Waals surface area (Å²) in [6.07, 6.45) is 5.69. The summed E-state index contributed by atoms with van der Waals surface area (Å²) < 4.78 is 10.6. The Balaban J connectivity index is 2.22. The van der Waals surface area contributed by atoms with Crippen molar-refractivity contribution in [1.29, 1.82) is 0 Å².